The lowest BCUT2D eigenvalue weighted by molar-refractivity contribution is -0.129. The molecule has 0 radical (unpaired) electrons. The average molecular weight is 467 g/mol. The number of morpholine rings is 1. The van der Waals surface area contributed by atoms with Crippen molar-refractivity contribution in [3.63, 3.8) is 0 Å². The van der Waals surface area contributed by atoms with Crippen LogP contribution in [-0.2, 0) is 9.53 Å². The predicted octanol–water partition coefficient (Wildman–Crippen LogP) is 4.00. The molecule has 1 fully saturated rings. The number of hydrogen-bond donors (Lipinski definition) is 1. The summed E-state index contributed by atoms with van der Waals surface area (Å²) in [6.45, 7) is 3.78. The molecule has 0 aliphatic carbocycles. The number of halogens is 1. The molecule has 1 amide bonds. The van der Waals surface area contributed by atoms with Gasteiger partial charge in [-0.3, -0.25) is 14.5 Å². The van der Waals surface area contributed by atoms with Crippen molar-refractivity contribution in [1.29, 1.82) is 0 Å². The summed E-state index contributed by atoms with van der Waals surface area (Å²) in [5.74, 6) is -1.57. The van der Waals surface area contributed by atoms with Gasteiger partial charge < -0.3 is 19.2 Å². The molecule has 33 heavy (non-hydrogen) atoms. The highest BCUT2D eigenvalue weighted by Gasteiger charge is 2.44. The number of fused-ring (bicyclic) bond motifs is 1. The highest BCUT2D eigenvalue weighted by Crippen LogP contribution is 2.40. The molecule has 1 atom stereocenters. The number of hydrogen-bond acceptors (Lipinski definition) is 6. The molecule has 0 saturated carbocycles. The maximum Gasteiger partial charge on any atom is 0.290 e. The number of carbonyl (C=O) groups excluding carboxylic acids is 2. The Balaban J connectivity index is 1.51. The molecule has 0 bridgehead atoms. The van der Waals surface area contributed by atoms with E-state index in [-0.39, 0.29) is 11.3 Å². The van der Waals surface area contributed by atoms with Gasteiger partial charge in [-0.15, -0.1) is 0 Å². The number of aliphatic hydroxyl groups is 1. The van der Waals surface area contributed by atoms with Gasteiger partial charge in [0.2, 0.25) is 5.78 Å². The van der Waals surface area contributed by atoms with Gasteiger partial charge in [-0.05, 0) is 29.8 Å². The molecular formula is C25H23ClN2O5. The topological polar surface area (TPSA) is 83.2 Å². The third-order valence-electron chi connectivity index (χ3n) is 6.12. The number of amides is 1. The standard InChI is InChI=1S/C25H23ClN2O5/c26-18-6-3-5-17(14-18)22-21(23(29)20-15-16-4-1-2-7-19(16)33-20)24(30)25(31)28(22)9-8-27-10-12-32-13-11-27/h1-7,14-15,22,30H,8-13H2/t22-/m1/s1. The van der Waals surface area contributed by atoms with E-state index in [4.69, 9.17) is 20.8 Å². The zero-order chi connectivity index (χ0) is 22.9. The van der Waals surface area contributed by atoms with Crippen LogP contribution in [-0.4, -0.2) is 66.0 Å². The van der Waals surface area contributed by atoms with Gasteiger partial charge in [0.1, 0.15) is 5.58 Å². The highest BCUT2D eigenvalue weighted by molar-refractivity contribution is 6.30. The summed E-state index contributed by atoms with van der Waals surface area (Å²) in [6.07, 6.45) is 0. The summed E-state index contributed by atoms with van der Waals surface area (Å²) < 4.78 is 11.1. The van der Waals surface area contributed by atoms with Gasteiger partial charge in [0, 0.05) is 36.6 Å². The van der Waals surface area contributed by atoms with Gasteiger partial charge in [-0.1, -0.05) is 41.9 Å². The van der Waals surface area contributed by atoms with Crippen LogP contribution in [0.25, 0.3) is 11.0 Å². The van der Waals surface area contributed by atoms with E-state index in [1.54, 1.807) is 36.4 Å². The monoisotopic (exact) mass is 466 g/mol. The fraction of sp³-hybridized carbons (Fsp3) is 0.280. The Labute approximate surface area is 195 Å². The van der Waals surface area contributed by atoms with Crippen LogP contribution in [0.15, 0.2) is 70.3 Å². The predicted molar refractivity (Wildman–Crippen MR) is 123 cm³/mol. The Morgan fingerprint density at radius 1 is 1.06 bits per heavy atom. The summed E-state index contributed by atoms with van der Waals surface area (Å²) in [5.41, 5.74) is 1.22. The summed E-state index contributed by atoms with van der Waals surface area (Å²) in [6, 6.07) is 15.1. The van der Waals surface area contributed by atoms with Crippen LogP contribution in [0.1, 0.15) is 22.2 Å². The first-order valence-corrected chi connectivity index (χ1v) is 11.2. The van der Waals surface area contributed by atoms with Gasteiger partial charge in [-0.25, -0.2) is 0 Å². The minimum absolute atomic E-state index is 0.00306. The van der Waals surface area contributed by atoms with Crippen molar-refractivity contribution in [1.82, 2.24) is 9.80 Å². The molecule has 2 aliphatic heterocycles. The van der Waals surface area contributed by atoms with E-state index in [1.165, 1.54) is 4.90 Å². The maximum absolute atomic E-state index is 13.5. The van der Waals surface area contributed by atoms with E-state index in [2.05, 4.69) is 4.90 Å². The second kappa shape index (κ2) is 9.02. The number of Topliss-reactive ketones (excluding diaryl/α,β-unsaturated/α-hetero) is 1. The third-order valence-corrected chi connectivity index (χ3v) is 6.36. The molecule has 7 nitrogen and oxygen atoms in total. The second-order valence-electron chi connectivity index (χ2n) is 8.15. The number of nitrogens with zero attached hydrogens (tertiary/aromatic N) is 2. The van der Waals surface area contributed by atoms with Crippen molar-refractivity contribution in [2.24, 2.45) is 0 Å². The van der Waals surface area contributed by atoms with E-state index in [0.717, 1.165) is 18.5 Å². The van der Waals surface area contributed by atoms with Crippen molar-refractivity contribution >= 4 is 34.3 Å². The van der Waals surface area contributed by atoms with Crippen molar-refractivity contribution in [2.75, 3.05) is 39.4 Å². The minimum Gasteiger partial charge on any atom is -0.503 e. The summed E-state index contributed by atoms with van der Waals surface area (Å²) in [7, 11) is 0. The highest BCUT2D eigenvalue weighted by atomic mass is 35.5. The number of furan rings is 1. The fourth-order valence-corrected chi connectivity index (χ4v) is 4.64. The van der Waals surface area contributed by atoms with E-state index < -0.39 is 23.5 Å². The first kappa shape index (κ1) is 21.7. The van der Waals surface area contributed by atoms with Crippen LogP contribution in [0.2, 0.25) is 5.02 Å². The molecule has 8 heteroatoms. The molecule has 2 aliphatic rings. The van der Waals surface area contributed by atoms with Crippen molar-refractivity contribution in [3.05, 3.63) is 82.3 Å². The van der Waals surface area contributed by atoms with Crippen LogP contribution < -0.4 is 0 Å². The van der Waals surface area contributed by atoms with Gasteiger partial charge in [0.25, 0.3) is 5.91 Å². The van der Waals surface area contributed by atoms with Crippen LogP contribution >= 0.6 is 11.6 Å². The van der Waals surface area contributed by atoms with Crippen LogP contribution in [0, 0.1) is 0 Å². The number of carbonyl (C=O) groups is 2. The van der Waals surface area contributed by atoms with E-state index in [1.807, 2.05) is 18.2 Å². The first-order chi connectivity index (χ1) is 16.0. The van der Waals surface area contributed by atoms with Crippen LogP contribution in [0.4, 0.5) is 0 Å². The number of benzene rings is 2. The first-order valence-electron chi connectivity index (χ1n) is 10.9. The molecule has 3 aromatic rings. The molecule has 1 N–H and O–H groups in total. The number of ether oxygens (including phenoxy) is 1. The smallest absolute Gasteiger partial charge is 0.290 e. The van der Waals surface area contributed by atoms with Crippen molar-refractivity contribution in [2.45, 2.75) is 6.04 Å². The van der Waals surface area contributed by atoms with E-state index in [0.29, 0.717) is 42.5 Å². The number of rotatable bonds is 6. The van der Waals surface area contributed by atoms with Crippen LogP contribution in [0.3, 0.4) is 0 Å². The largest absolute Gasteiger partial charge is 0.503 e. The van der Waals surface area contributed by atoms with Gasteiger partial charge in [0.05, 0.1) is 24.8 Å². The Morgan fingerprint density at radius 2 is 1.85 bits per heavy atom. The van der Waals surface area contributed by atoms with Crippen molar-refractivity contribution < 1.29 is 23.8 Å². The summed E-state index contributed by atoms with van der Waals surface area (Å²) >= 11 is 6.23. The number of ketones is 1. The molecular weight excluding hydrogens is 444 g/mol. The fourth-order valence-electron chi connectivity index (χ4n) is 4.44. The molecule has 0 unspecified atom stereocenters. The average Bonchev–Trinajstić information content (AvgIpc) is 3.37. The second-order valence-corrected chi connectivity index (χ2v) is 8.59. The number of para-hydroxylation sites is 1. The van der Waals surface area contributed by atoms with Gasteiger partial charge in [0.15, 0.2) is 11.5 Å². The molecule has 3 heterocycles. The Bertz CT molecular complexity index is 1210. The summed E-state index contributed by atoms with van der Waals surface area (Å²) in [5, 5.41) is 12.1. The lowest BCUT2D eigenvalue weighted by atomic mass is 9.95. The normalized spacial score (nSPS) is 19.6. The Kier molecular flexibility index (Phi) is 5.93. The Morgan fingerprint density at radius 3 is 2.61 bits per heavy atom. The summed E-state index contributed by atoms with van der Waals surface area (Å²) in [4.78, 5) is 30.4. The van der Waals surface area contributed by atoms with E-state index >= 15 is 0 Å². The van der Waals surface area contributed by atoms with Gasteiger partial charge >= 0.3 is 0 Å². The lowest BCUT2D eigenvalue weighted by Gasteiger charge is -2.31. The Hall–Kier alpha value is -3.13. The molecule has 1 saturated heterocycles. The minimum atomic E-state index is -0.766. The molecule has 1 aromatic heterocycles. The molecule has 170 valence electrons. The number of aliphatic hydroxyl groups excluding tert-OH is 1. The van der Waals surface area contributed by atoms with Gasteiger partial charge in [-0.2, -0.15) is 0 Å². The quantitative estimate of drug-likeness (QED) is 0.553. The van der Waals surface area contributed by atoms with E-state index in [9.17, 15) is 14.7 Å². The molecule has 2 aromatic carbocycles. The molecule has 0 spiro atoms. The molecule has 5 rings (SSSR count). The van der Waals surface area contributed by atoms with Crippen LogP contribution in [0.5, 0.6) is 0 Å². The zero-order valence-corrected chi connectivity index (χ0v) is 18.6. The van der Waals surface area contributed by atoms with Crippen molar-refractivity contribution in [3.8, 4) is 0 Å². The maximum atomic E-state index is 13.5. The lowest BCUT2D eigenvalue weighted by Crippen LogP contribution is -2.43. The third kappa shape index (κ3) is 4.15. The SMILES string of the molecule is O=C(C1=C(O)C(=O)N(CCN2CCOCC2)[C@@H]1c1cccc(Cl)c1)c1cc2ccccc2o1. The zero-order valence-electron chi connectivity index (χ0n) is 17.9.